The number of ketones is 1. The van der Waals surface area contributed by atoms with Crippen molar-refractivity contribution in [3.05, 3.63) is 81.9 Å². The summed E-state index contributed by atoms with van der Waals surface area (Å²) in [6.07, 6.45) is 4.46. The first-order valence-corrected chi connectivity index (χ1v) is 12.8. The molecule has 2 heterocycles. The fourth-order valence-corrected chi connectivity index (χ4v) is 5.21. The van der Waals surface area contributed by atoms with E-state index in [1.807, 2.05) is 0 Å². The van der Waals surface area contributed by atoms with E-state index < -0.39 is 22.7 Å². The SMILES string of the molecule is CC(C)C(=O)c1c(S(=O)Cc2cncnc2)nc2c(Cl)ccc(Cl)c2c1Nc1ccc(C(=O)O)cc1. The van der Waals surface area contributed by atoms with E-state index in [-0.39, 0.29) is 43.3 Å². The minimum absolute atomic E-state index is 0.0304. The first-order chi connectivity index (χ1) is 17.2. The van der Waals surface area contributed by atoms with E-state index in [1.54, 1.807) is 50.5 Å². The van der Waals surface area contributed by atoms with Crippen molar-refractivity contribution in [3.8, 4) is 0 Å². The molecule has 2 aromatic heterocycles. The van der Waals surface area contributed by atoms with Gasteiger partial charge in [-0.3, -0.25) is 9.00 Å². The molecule has 11 heteroatoms. The largest absolute Gasteiger partial charge is 0.478 e. The lowest BCUT2D eigenvalue weighted by Gasteiger charge is -2.20. The standard InChI is InChI=1S/C25H20Cl2N4O4S/c1-13(2)23(32)20-22(30-16-5-3-15(4-6-16)25(33)34)19-17(26)7-8-18(27)21(19)31-24(20)36(35)11-14-9-28-12-29-10-14/h3-10,12-13H,11H2,1-2H3,(H,30,31)(H,33,34). The molecule has 4 rings (SSSR count). The number of fused-ring (bicyclic) bond motifs is 1. The maximum atomic E-state index is 13.6. The molecular formula is C25H20Cl2N4O4S. The van der Waals surface area contributed by atoms with Gasteiger partial charge in [0, 0.05) is 34.9 Å². The Morgan fingerprint density at radius 2 is 1.67 bits per heavy atom. The van der Waals surface area contributed by atoms with E-state index in [9.17, 15) is 18.9 Å². The summed E-state index contributed by atoms with van der Waals surface area (Å²) in [5.74, 6) is -1.78. The summed E-state index contributed by atoms with van der Waals surface area (Å²) in [7, 11) is -1.76. The highest BCUT2D eigenvalue weighted by Gasteiger charge is 2.28. The van der Waals surface area contributed by atoms with Crippen molar-refractivity contribution in [3.63, 3.8) is 0 Å². The van der Waals surface area contributed by atoms with Gasteiger partial charge in [0.25, 0.3) is 0 Å². The van der Waals surface area contributed by atoms with Crippen molar-refractivity contribution < 1.29 is 18.9 Å². The molecule has 4 aromatic rings. The van der Waals surface area contributed by atoms with Gasteiger partial charge in [-0.15, -0.1) is 0 Å². The fraction of sp³-hybridized carbons (Fsp3) is 0.160. The predicted molar refractivity (Wildman–Crippen MR) is 140 cm³/mol. The number of nitrogens with one attached hydrogen (secondary N) is 1. The highest BCUT2D eigenvalue weighted by atomic mass is 35.5. The van der Waals surface area contributed by atoms with Crippen LogP contribution in [0.5, 0.6) is 0 Å². The maximum Gasteiger partial charge on any atom is 0.335 e. The number of carbonyl (C=O) groups is 2. The molecule has 1 unspecified atom stereocenters. The van der Waals surface area contributed by atoms with Gasteiger partial charge in [0.05, 0.1) is 48.9 Å². The molecule has 2 N–H and O–H groups in total. The Labute approximate surface area is 219 Å². The minimum Gasteiger partial charge on any atom is -0.478 e. The van der Waals surface area contributed by atoms with Crippen molar-refractivity contribution in [2.75, 3.05) is 5.32 Å². The first-order valence-electron chi connectivity index (χ1n) is 10.8. The Morgan fingerprint density at radius 3 is 2.28 bits per heavy atom. The topological polar surface area (TPSA) is 122 Å². The molecule has 0 saturated heterocycles. The second-order valence-corrected chi connectivity index (χ2v) is 10.4. The summed E-state index contributed by atoms with van der Waals surface area (Å²) in [6.45, 7) is 3.46. The summed E-state index contributed by atoms with van der Waals surface area (Å²) in [5, 5.41) is 13.4. The number of anilines is 2. The summed E-state index contributed by atoms with van der Waals surface area (Å²) in [4.78, 5) is 37.3. The highest BCUT2D eigenvalue weighted by Crippen LogP contribution is 2.40. The van der Waals surface area contributed by atoms with E-state index in [4.69, 9.17) is 23.2 Å². The number of halogens is 2. The number of hydrogen-bond donors (Lipinski definition) is 2. The van der Waals surface area contributed by atoms with E-state index in [0.29, 0.717) is 22.3 Å². The van der Waals surface area contributed by atoms with E-state index in [0.717, 1.165) is 0 Å². The average molecular weight is 543 g/mol. The Balaban J connectivity index is 1.98. The molecule has 0 radical (unpaired) electrons. The smallest absolute Gasteiger partial charge is 0.335 e. The van der Waals surface area contributed by atoms with Crippen LogP contribution < -0.4 is 5.32 Å². The molecule has 0 saturated carbocycles. The van der Waals surface area contributed by atoms with Crippen LogP contribution in [0.25, 0.3) is 10.9 Å². The molecule has 36 heavy (non-hydrogen) atoms. The van der Waals surface area contributed by atoms with E-state index >= 15 is 0 Å². The highest BCUT2D eigenvalue weighted by molar-refractivity contribution is 7.84. The number of aromatic nitrogens is 3. The molecule has 2 aromatic carbocycles. The van der Waals surface area contributed by atoms with Crippen molar-refractivity contribution in [2.24, 2.45) is 5.92 Å². The zero-order valence-electron chi connectivity index (χ0n) is 19.2. The summed E-state index contributed by atoms with van der Waals surface area (Å²) >= 11 is 13.0. The predicted octanol–water partition coefficient (Wildman–Crippen LogP) is 5.92. The molecule has 0 aliphatic rings. The molecule has 0 aliphatic heterocycles. The second kappa shape index (κ2) is 10.7. The van der Waals surface area contributed by atoms with Crippen LogP contribution in [0, 0.1) is 5.92 Å². The molecule has 0 amide bonds. The molecule has 0 fully saturated rings. The third kappa shape index (κ3) is 5.23. The molecule has 0 bridgehead atoms. The van der Waals surface area contributed by atoms with Gasteiger partial charge in [-0.1, -0.05) is 37.0 Å². The third-order valence-electron chi connectivity index (χ3n) is 5.30. The lowest BCUT2D eigenvalue weighted by Crippen LogP contribution is -2.17. The second-order valence-electron chi connectivity index (χ2n) is 8.18. The van der Waals surface area contributed by atoms with Crippen molar-refractivity contribution >= 4 is 68.0 Å². The molecular weight excluding hydrogens is 523 g/mol. The van der Waals surface area contributed by atoms with Gasteiger partial charge in [-0.2, -0.15) is 0 Å². The van der Waals surface area contributed by atoms with Gasteiger partial charge in [0.1, 0.15) is 11.4 Å². The van der Waals surface area contributed by atoms with Gasteiger partial charge >= 0.3 is 5.97 Å². The number of carbonyl (C=O) groups excluding carboxylic acids is 1. The number of carboxylic acids is 1. The molecule has 0 spiro atoms. The van der Waals surface area contributed by atoms with Crippen LogP contribution in [0.3, 0.4) is 0 Å². The number of pyridine rings is 1. The van der Waals surface area contributed by atoms with Crippen LogP contribution in [0.2, 0.25) is 10.0 Å². The number of carboxylic acid groups (broad SMARTS) is 1. The fourth-order valence-electron chi connectivity index (χ4n) is 3.55. The first kappa shape index (κ1) is 25.7. The Kier molecular flexibility index (Phi) is 7.63. The van der Waals surface area contributed by atoms with Crippen LogP contribution in [0.4, 0.5) is 11.4 Å². The third-order valence-corrected chi connectivity index (χ3v) is 7.25. The van der Waals surface area contributed by atoms with Crippen LogP contribution >= 0.6 is 23.2 Å². The minimum atomic E-state index is -1.76. The zero-order chi connectivity index (χ0) is 26.0. The van der Waals surface area contributed by atoms with Crippen molar-refractivity contribution in [1.29, 1.82) is 0 Å². The van der Waals surface area contributed by atoms with Crippen molar-refractivity contribution in [1.82, 2.24) is 15.0 Å². The molecule has 184 valence electrons. The van der Waals surface area contributed by atoms with E-state index in [1.165, 1.54) is 18.5 Å². The van der Waals surface area contributed by atoms with Gasteiger partial charge in [-0.25, -0.2) is 19.7 Å². The van der Waals surface area contributed by atoms with Crippen LogP contribution in [0.15, 0.2) is 60.1 Å². The van der Waals surface area contributed by atoms with Gasteiger partial charge in [-0.05, 0) is 36.4 Å². The van der Waals surface area contributed by atoms with Gasteiger partial charge in [0.15, 0.2) is 5.78 Å². The van der Waals surface area contributed by atoms with Crippen LogP contribution in [-0.2, 0) is 16.6 Å². The number of rotatable bonds is 8. The Hall–Kier alpha value is -3.40. The van der Waals surface area contributed by atoms with Crippen molar-refractivity contribution in [2.45, 2.75) is 24.6 Å². The van der Waals surface area contributed by atoms with Crippen LogP contribution in [0.1, 0.15) is 40.1 Å². The van der Waals surface area contributed by atoms with Gasteiger partial charge < -0.3 is 10.4 Å². The number of nitrogens with zero attached hydrogens (tertiary/aromatic N) is 3. The zero-order valence-corrected chi connectivity index (χ0v) is 21.5. The maximum absolute atomic E-state index is 13.6. The number of aromatic carboxylic acids is 1. The lowest BCUT2D eigenvalue weighted by molar-refractivity contribution is 0.0696. The monoisotopic (exact) mass is 542 g/mol. The molecule has 8 nitrogen and oxygen atoms in total. The summed E-state index contributed by atoms with van der Waals surface area (Å²) in [5.41, 5.74) is 1.90. The van der Waals surface area contributed by atoms with Gasteiger partial charge in [0.2, 0.25) is 0 Å². The number of hydrogen-bond acceptors (Lipinski definition) is 7. The number of Topliss-reactive ketones (excluding diaryl/α,β-unsaturated/α-hetero) is 1. The lowest BCUT2D eigenvalue weighted by atomic mass is 9.98. The average Bonchev–Trinajstić information content (AvgIpc) is 2.86. The number of benzene rings is 2. The molecule has 1 atom stereocenters. The quantitative estimate of drug-likeness (QED) is 0.263. The van der Waals surface area contributed by atoms with E-state index in [2.05, 4.69) is 20.3 Å². The normalized spacial score (nSPS) is 12.0. The Morgan fingerprint density at radius 1 is 1.03 bits per heavy atom. The summed E-state index contributed by atoms with van der Waals surface area (Å²) < 4.78 is 13.6. The van der Waals surface area contributed by atoms with Crippen LogP contribution in [-0.4, -0.2) is 36.0 Å². The summed E-state index contributed by atoms with van der Waals surface area (Å²) in [6, 6.07) is 9.16. The Bertz CT molecular complexity index is 1500. The molecule has 0 aliphatic carbocycles.